The molecule has 0 aliphatic carbocycles. The molecule has 0 heterocycles. The van der Waals surface area contributed by atoms with E-state index < -0.39 is 0 Å². The maximum absolute atomic E-state index is 3.93. The van der Waals surface area contributed by atoms with Crippen LogP contribution in [0.3, 0.4) is 0 Å². The number of allylic oxidation sites excluding steroid dienone is 5. The van der Waals surface area contributed by atoms with Gasteiger partial charge in [0.05, 0.1) is 0 Å². The van der Waals surface area contributed by atoms with Crippen LogP contribution in [0.2, 0.25) is 0 Å². The van der Waals surface area contributed by atoms with E-state index in [-0.39, 0.29) is 0 Å². The minimum absolute atomic E-state index is 0.905. The first kappa shape index (κ1) is 31.5. The molecule has 0 atom stereocenters. The van der Waals surface area contributed by atoms with Crippen molar-refractivity contribution >= 4 is 33.7 Å². The lowest BCUT2D eigenvalue weighted by Crippen LogP contribution is -2.03. The summed E-state index contributed by atoms with van der Waals surface area (Å²) in [6.07, 6.45) is 16.1. The van der Waals surface area contributed by atoms with Crippen LogP contribution in [0.25, 0.3) is 56.0 Å². The monoisotopic (exact) mass is 562 g/mol. The molecule has 0 heteroatoms. The Morgan fingerprint density at radius 1 is 0.674 bits per heavy atom. The molecular formula is C43H46. The lowest BCUT2D eigenvalue weighted by Gasteiger charge is -2.21. The second-order valence-electron chi connectivity index (χ2n) is 11.1. The van der Waals surface area contributed by atoms with Crippen molar-refractivity contribution in [3.8, 4) is 22.3 Å². The van der Waals surface area contributed by atoms with Gasteiger partial charge in [0.15, 0.2) is 0 Å². The average molecular weight is 563 g/mol. The van der Waals surface area contributed by atoms with Crippen LogP contribution in [0.1, 0.15) is 70.2 Å². The Hall–Kier alpha value is -4.42. The van der Waals surface area contributed by atoms with Gasteiger partial charge >= 0.3 is 0 Å². The summed E-state index contributed by atoms with van der Waals surface area (Å²) in [6, 6.07) is 31.3. The molecule has 5 aromatic carbocycles. The number of hydrogen-bond donors (Lipinski definition) is 0. The van der Waals surface area contributed by atoms with Gasteiger partial charge in [-0.25, -0.2) is 0 Å². The molecule has 0 nitrogen and oxygen atoms in total. The number of rotatable bonds is 8. The van der Waals surface area contributed by atoms with Gasteiger partial charge < -0.3 is 0 Å². The normalized spacial score (nSPS) is 11.8. The van der Waals surface area contributed by atoms with Crippen LogP contribution in [0.4, 0.5) is 0 Å². The Balaban J connectivity index is 0.00000135. The zero-order chi connectivity index (χ0) is 30.8. The number of fused-ring (bicyclic) bond motifs is 3. The van der Waals surface area contributed by atoms with Gasteiger partial charge in [-0.05, 0) is 118 Å². The van der Waals surface area contributed by atoms with Crippen molar-refractivity contribution in [2.24, 2.45) is 0 Å². The van der Waals surface area contributed by atoms with Crippen molar-refractivity contribution < 1.29 is 0 Å². The summed E-state index contributed by atoms with van der Waals surface area (Å²) in [5.74, 6) is 0. The second-order valence-corrected chi connectivity index (χ2v) is 11.1. The highest BCUT2D eigenvalue weighted by Gasteiger charge is 2.17. The smallest absolute Gasteiger partial charge is 0.00576 e. The first-order chi connectivity index (χ1) is 21.0. The van der Waals surface area contributed by atoms with Crippen LogP contribution in [0, 0.1) is 0 Å². The van der Waals surface area contributed by atoms with Gasteiger partial charge in [0, 0.05) is 0 Å². The van der Waals surface area contributed by atoms with E-state index in [1.54, 1.807) is 0 Å². The summed E-state index contributed by atoms with van der Waals surface area (Å²) >= 11 is 0. The fourth-order valence-corrected chi connectivity index (χ4v) is 6.05. The molecule has 0 amide bonds. The van der Waals surface area contributed by atoms with Crippen LogP contribution in [-0.4, -0.2) is 0 Å². The largest absolute Gasteiger partial charge is 0.0991 e. The van der Waals surface area contributed by atoms with E-state index in [1.165, 1.54) is 78.0 Å². The van der Waals surface area contributed by atoms with E-state index in [4.69, 9.17) is 0 Å². The molecule has 43 heavy (non-hydrogen) atoms. The number of benzene rings is 5. The topological polar surface area (TPSA) is 0 Å². The molecule has 5 rings (SSSR count). The van der Waals surface area contributed by atoms with Crippen LogP contribution >= 0.6 is 0 Å². The minimum Gasteiger partial charge on any atom is -0.0991 e. The Kier molecular flexibility index (Phi) is 11.1. The van der Waals surface area contributed by atoms with Crippen molar-refractivity contribution in [1.29, 1.82) is 0 Å². The van der Waals surface area contributed by atoms with E-state index >= 15 is 0 Å². The summed E-state index contributed by atoms with van der Waals surface area (Å²) in [5, 5.41) is 5.15. The molecule has 0 saturated heterocycles. The highest BCUT2D eigenvalue weighted by molar-refractivity contribution is 6.13. The molecule has 0 aliphatic heterocycles. The quantitative estimate of drug-likeness (QED) is 0.130. The predicted octanol–water partition coefficient (Wildman–Crippen LogP) is 13.0. The fraction of sp³-hybridized carbons (Fsp3) is 0.209. The third kappa shape index (κ3) is 6.98. The number of hydrogen-bond acceptors (Lipinski definition) is 0. The van der Waals surface area contributed by atoms with Crippen molar-refractivity contribution in [3.63, 3.8) is 0 Å². The molecule has 5 aromatic rings. The second kappa shape index (κ2) is 15.2. The minimum atomic E-state index is 0.905. The van der Waals surface area contributed by atoms with Crippen LogP contribution in [0.5, 0.6) is 0 Å². The van der Waals surface area contributed by atoms with Gasteiger partial charge in [-0.15, -0.1) is 0 Å². The van der Waals surface area contributed by atoms with Gasteiger partial charge in [-0.1, -0.05) is 143 Å². The standard InChI is InChI=1S/C40H38.C3H8/c1-6-15-28(5)24-40-33(9-4)29(16-7-2)26-38(35(40)17-8-3)30-19-14-20-31(25-30)39-27-32-18-10-11-21-34(32)36-22-12-13-23-37(36)39;1-3-2/h6-8,10-23,25-27H,1,9,24H2,2-5H3;3H2,1-2H3/b16-7-,17-8-,28-15+;. The van der Waals surface area contributed by atoms with Crippen molar-refractivity contribution in [1.82, 2.24) is 0 Å². The predicted molar refractivity (Wildman–Crippen MR) is 195 cm³/mol. The third-order valence-electron chi connectivity index (χ3n) is 7.77. The van der Waals surface area contributed by atoms with Crippen molar-refractivity contribution in [2.75, 3.05) is 0 Å². The Bertz CT molecular complexity index is 1810. The van der Waals surface area contributed by atoms with Gasteiger partial charge in [0.2, 0.25) is 0 Å². The Morgan fingerprint density at radius 3 is 1.95 bits per heavy atom. The molecule has 0 fully saturated rings. The third-order valence-corrected chi connectivity index (χ3v) is 7.77. The van der Waals surface area contributed by atoms with E-state index in [2.05, 4.69) is 163 Å². The molecule has 0 spiro atoms. The molecule has 0 unspecified atom stereocenters. The summed E-state index contributed by atoms with van der Waals surface area (Å²) in [5.41, 5.74) is 11.8. The zero-order valence-corrected chi connectivity index (χ0v) is 26.9. The molecule has 0 radical (unpaired) electrons. The van der Waals surface area contributed by atoms with Crippen molar-refractivity contribution in [2.45, 2.75) is 60.8 Å². The summed E-state index contributed by atoms with van der Waals surface area (Å²) in [4.78, 5) is 0. The molecule has 0 bridgehead atoms. The van der Waals surface area contributed by atoms with Crippen LogP contribution in [-0.2, 0) is 12.8 Å². The Labute approximate surface area is 259 Å². The first-order valence-electron chi connectivity index (χ1n) is 15.7. The molecule has 0 N–H and O–H groups in total. The average Bonchev–Trinajstić information content (AvgIpc) is 3.02. The summed E-state index contributed by atoms with van der Waals surface area (Å²) in [7, 11) is 0. The summed E-state index contributed by atoms with van der Waals surface area (Å²) < 4.78 is 0. The lowest BCUT2D eigenvalue weighted by molar-refractivity contribution is 1.04. The maximum Gasteiger partial charge on any atom is -0.00576 e. The summed E-state index contributed by atoms with van der Waals surface area (Å²) in [6.45, 7) is 16.9. The van der Waals surface area contributed by atoms with Crippen molar-refractivity contribution in [3.05, 3.63) is 144 Å². The van der Waals surface area contributed by atoms with E-state index in [0.29, 0.717) is 0 Å². The molecule has 0 saturated carbocycles. The highest BCUT2D eigenvalue weighted by Crippen LogP contribution is 2.39. The van der Waals surface area contributed by atoms with Gasteiger partial charge in [0.25, 0.3) is 0 Å². The van der Waals surface area contributed by atoms with E-state index in [0.717, 1.165) is 12.8 Å². The van der Waals surface area contributed by atoms with Crippen LogP contribution < -0.4 is 0 Å². The van der Waals surface area contributed by atoms with Gasteiger partial charge in [-0.3, -0.25) is 0 Å². The fourth-order valence-electron chi connectivity index (χ4n) is 6.05. The van der Waals surface area contributed by atoms with Crippen LogP contribution in [0.15, 0.2) is 121 Å². The molecule has 0 aliphatic rings. The first-order valence-corrected chi connectivity index (χ1v) is 15.7. The van der Waals surface area contributed by atoms with E-state index in [1.807, 2.05) is 6.08 Å². The maximum atomic E-state index is 3.93. The molecule has 0 aromatic heterocycles. The molecule has 218 valence electrons. The highest BCUT2D eigenvalue weighted by atomic mass is 14.2. The lowest BCUT2D eigenvalue weighted by atomic mass is 9.83. The van der Waals surface area contributed by atoms with Gasteiger partial charge in [0.1, 0.15) is 0 Å². The van der Waals surface area contributed by atoms with Gasteiger partial charge in [-0.2, -0.15) is 0 Å². The SMILES string of the molecule is C=C/C=C(\C)Cc1c(/C=C\C)c(-c2cccc(-c3cc4ccccc4c4ccccc34)c2)cc(/C=C\C)c1CC.CCC. The zero-order valence-electron chi connectivity index (χ0n) is 26.9. The molecular weight excluding hydrogens is 516 g/mol. The van der Waals surface area contributed by atoms with E-state index in [9.17, 15) is 0 Å². The Morgan fingerprint density at radius 2 is 1.30 bits per heavy atom.